The van der Waals surface area contributed by atoms with Crippen LogP contribution in [-0.4, -0.2) is 58.7 Å². The third kappa shape index (κ3) is 5.83. The van der Waals surface area contributed by atoms with Crippen LogP contribution in [0.3, 0.4) is 0 Å². The lowest BCUT2D eigenvalue weighted by Gasteiger charge is -2.32. The summed E-state index contributed by atoms with van der Waals surface area (Å²) in [5, 5.41) is 8.51. The number of anilines is 2. The molecule has 0 spiro atoms. The smallest absolute Gasteiger partial charge is 0.299 e. The molecule has 0 atom stereocenters. The maximum Gasteiger partial charge on any atom is 0.299 e. The average Bonchev–Trinajstić information content (AvgIpc) is 2.92. The van der Waals surface area contributed by atoms with Gasteiger partial charge < -0.3 is 19.9 Å². The molecule has 194 valence electrons. The van der Waals surface area contributed by atoms with Crippen molar-refractivity contribution in [3.8, 4) is 17.2 Å². The van der Waals surface area contributed by atoms with E-state index in [1.54, 1.807) is 72.8 Å². The lowest BCUT2D eigenvalue weighted by atomic mass is 10.1. The number of piperazine rings is 1. The minimum Gasteiger partial charge on any atom is -0.453 e. The van der Waals surface area contributed by atoms with Crippen molar-refractivity contribution >= 4 is 40.5 Å². The quantitative estimate of drug-likeness (QED) is 0.344. The Balaban J connectivity index is 1.50. The van der Waals surface area contributed by atoms with Crippen LogP contribution in [0.2, 0.25) is 10.0 Å². The van der Waals surface area contributed by atoms with Gasteiger partial charge in [0, 0.05) is 47.5 Å². The van der Waals surface area contributed by atoms with Crippen LogP contribution in [0, 0.1) is 0 Å². The second kappa shape index (κ2) is 11.3. The number of likely N-dealkylation sites (N-methyl/N-ethyl adjacent to an activating group) is 1. The number of halogens is 2. The van der Waals surface area contributed by atoms with Gasteiger partial charge >= 0.3 is 0 Å². The van der Waals surface area contributed by atoms with Gasteiger partial charge in [-0.3, -0.25) is 9.59 Å². The van der Waals surface area contributed by atoms with Crippen LogP contribution < -0.4 is 15.6 Å². The van der Waals surface area contributed by atoms with E-state index in [0.29, 0.717) is 45.8 Å². The van der Waals surface area contributed by atoms with E-state index in [1.807, 2.05) is 11.9 Å². The van der Waals surface area contributed by atoms with Crippen molar-refractivity contribution in [3.63, 3.8) is 0 Å². The third-order valence-corrected chi connectivity index (χ3v) is 6.69. The molecule has 0 radical (unpaired) electrons. The van der Waals surface area contributed by atoms with Gasteiger partial charge in [0.25, 0.3) is 11.5 Å². The van der Waals surface area contributed by atoms with E-state index in [-0.39, 0.29) is 17.3 Å². The van der Waals surface area contributed by atoms with Crippen molar-refractivity contribution in [1.82, 2.24) is 19.6 Å². The predicted molar refractivity (Wildman–Crippen MR) is 149 cm³/mol. The third-order valence-electron chi connectivity index (χ3n) is 6.21. The van der Waals surface area contributed by atoms with Crippen molar-refractivity contribution in [2.24, 2.45) is 0 Å². The van der Waals surface area contributed by atoms with Gasteiger partial charge in [0.2, 0.25) is 0 Å². The van der Waals surface area contributed by atoms with Gasteiger partial charge in [0.05, 0.1) is 11.9 Å². The Hall–Kier alpha value is -3.85. The Morgan fingerprint density at radius 2 is 1.66 bits per heavy atom. The second-order valence-corrected chi connectivity index (χ2v) is 9.81. The van der Waals surface area contributed by atoms with Gasteiger partial charge in [-0.05, 0) is 67.7 Å². The molecule has 0 aliphatic carbocycles. The van der Waals surface area contributed by atoms with E-state index in [0.717, 1.165) is 13.1 Å². The Labute approximate surface area is 230 Å². The highest BCUT2D eigenvalue weighted by Gasteiger charge is 2.21. The summed E-state index contributed by atoms with van der Waals surface area (Å²) in [7, 11) is 2.04. The van der Waals surface area contributed by atoms with E-state index in [1.165, 1.54) is 10.9 Å². The van der Waals surface area contributed by atoms with Crippen LogP contribution in [0.15, 0.2) is 83.8 Å². The van der Waals surface area contributed by atoms with Gasteiger partial charge in [-0.1, -0.05) is 35.3 Å². The van der Waals surface area contributed by atoms with Crippen molar-refractivity contribution in [2.45, 2.75) is 0 Å². The summed E-state index contributed by atoms with van der Waals surface area (Å²) in [6, 6.07) is 20.7. The van der Waals surface area contributed by atoms with E-state index >= 15 is 0 Å². The van der Waals surface area contributed by atoms with Crippen LogP contribution in [0.5, 0.6) is 11.5 Å². The van der Waals surface area contributed by atoms with Gasteiger partial charge in [-0.15, -0.1) is 0 Å². The van der Waals surface area contributed by atoms with Gasteiger partial charge in [-0.2, -0.15) is 9.78 Å². The Morgan fingerprint density at radius 3 is 2.39 bits per heavy atom. The Morgan fingerprint density at radius 1 is 0.921 bits per heavy atom. The molecule has 38 heavy (non-hydrogen) atoms. The fourth-order valence-corrected chi connectivity index (χ4v) is 4.43. The number of benzene rings is 3. The van der Waals surface area contributed by atoms with Crippen LogP contribution in [0.25, 0.3) is 5.69 Å². The summed E-state index contributed by atoms with van der Waals surface area (Å²) in [5.41, 5.74) is 1.30. The summed E-state index contributed by atoms with van der Waals surface area (Å²) in [6.07, 6.45) is 1.46. The van der Waals surface area contributed by atoms with Gasteiger partial charge in [0.15, 0.2) is 11.4 Å². The first-order valence-electron chi connectivity index (χ1n) is 12.0. The molecule has 5 rings (SSSR count). The normalized spacial score (nSPS) is 13.8. The van der Waals surface area contributed by atoms with Gasteiger partial charge in [0.1, 0.15) is 5.75 Å². The number of nitrogens with one attached hydrogen (secondary N) is 1. The molecular weight excluding hydrogens is 525 g/mol. The minimum atomic E-state index is -0.450. The van der Waals surface area contributed by atoms with Crippen molar-refractivity contribution in [2.75, 3.05) is 38.5 Å². The molecule has 0 bridgehead atoms. The number of ether oxygens (including phenoxy) is 1. The van der Waals surface area contributed by atoms with Crippen molar-refractivity contribution in [3.05, 3.63) is 105 Å². The van der Waals surface area contributed by atoms with E-state index in [9.17, 15) is 9.59 Å². The maximum atomic E-state index is 13.7. The monoisotopic (exact) mass is 549 g/mol. The molecule has 1 fully saturated rings. The zero-order valence-corrected chi connectivity index (χ0v) is 22.1. The summed E-state index contributed by atoms with van der Waals surface area (Å²) in [6.45, 7) is 2.99. The molecule has 1 aliphatic rings. The highest BCUT2D eigenvalue weighted by atomic mass is 35.5. The van der Waals surface area contributed by atoms with Crippen LogP contribution in [0.4, 0.5) is 11.4 Å². The number of nitrogens with zero attached hydrogens (tertiary/aromatic N) is 4. The molecule has 2 heterocycles. The van der Waals surface area contributed by atoms with Crippen molar-refractivity contribution < 1.29 is 9.53 Å². The molecular formula is C28H25Cl2N5O3. The van der Waals surface area contributed by atoms with E-state index < -0.39 is 5.56 Å². The first-order valence-corrected chi connectivity index (χ1v) is 12.8. The second-order valence-electron chi connectivity index (χ2n) is 8.94. The highest BCUT2D eigenvalue weighted by molar-refractivity contribution is 6.31. The molecule has 1 aromatic heterocycles. The number of rotatable bonds is 6. The number of amides is 1. The maximum absolute atomic E-state index is 13.7. The highest BCUT2D eigenvalue weighted by Crippen LogP contribution is 2.30. The van der Waals surface area contributed by atoms with Crippen LogP contribution >= 0.6 is 23.2 Å². The molecule has 0 saturated carbocycles. The first kappa shape index (κ1) is 25.8. The SMILES string of the molecule is CN1CCN(C(=O)c2cccc(Nc3c(Oc4ccc(Cl)cc4)cnn(-c4cccc(Cl)c4)c3=O)c2)CC1. The molecule has 0 unspecified atom stereocenters. The summed E-state index contributed by atoms with van der Waals surface area (Å²) < 4.78 is 7.25. The Kier molecular flexibility index (Phi) is 7.64. The summed E-state index contributed by atoms with van der Waals surface area (Å²) >= 11 is 12.2. The predicted octanol–water partition coefficient (Wildman–Crippen LogP) is 5.46. The largest absolute Gasteiger partial charge is 0.453 e. The lowest BCUT2D eigenvalue weighted by molar-refractivity contribution is 0.0664. The van der Waals surface area contributed by atoms with E-state index in [2.05, 4.69) is 15.3 Å². The molecule has 8 nitrogen and oxygen atoms in total. The number of carbonyl (C=O) groups excluding carboxylic acids is 1. The molecule has 1 saturated heterocycles. The van der Waals surface area contributed by atoms with Crippen molar-refractivity contribution in [1.29, 1.82) is 0 Å². The fraction of sp³-hybridized carbons (Fsp3) is 0.179. The molecule has 4 aromatic rings. The number of carbonyl (C=O) groups is 1. The minimum absolute atomic E-state index is 0.0505. The number of hydrogen-bond donors (Lipinski definition) is 1. The summed E-state index contributed by atoms with van der Waals surface area (Å²) in [4.78, 5) is 30.8. The fourth-order valence-electron chi connectivity index (χ4n) is 4.12. The molecule has 3 aromatic carbocycles. The van der Waals surface area contributed by atoms with Crippen LogP contribution in [-0.2, 0) is 0 Å². The van der Waals surface area contributed by atoms with Gasteiger partial charge in [-0.25, -0.2) is 0 Å². The molecule has 1 amide bonds. The molecule has 1 N–H and O–H groups in total. The first-order chi connectivity index (χ1) is 18.4. The Bertz CT molecular complexity index is 1520. The lowest BCUT2D eigenvalue weighted by Crippen LogP contribution is -2.47. The topological polar surface area (TPSA) is 79.7 Å². The standard InChI is InChI=1S/C28H25Cl2N5O3/c1-33-12-14-34(15-13-33)27(36)19-4-2-6-22(16-19)32-26-25(38-24-10-8-20(29)9-11-24)18-31-35(28(26)37)23-7-3-5-21(30)17-23/h2-11,16-18,32H,12-15H2,1H3. The summed E-state index contributed by atoms with van der Waals surface area (Å²) in [5.74, 6) is 0.648. The average molecular weight is 550 g/mol. The zero-order chi connectivity index (χ0) is 26.6. The molecule has 1 aliphatic heterocycles. The van der Waals surface area contributed by atoms with E-state index in [4.69, 9.17) is 27.9 Å². The number of aromatic nitrogens is 2. The zero-order valence-electron chi connectivity index (χ0n) is 20.6. The number of hydrogen-bond acceptors (Lipinski definition) is 6. The molecule has 10 heteroatoms. The van der Waals surface area contributed by atoms with Crippen LogP contribution in [0.1, 0.15) is 10.4 Å².